The molecule has 0 saturated carbocycles. The Bertz CT molecular complexity index is 2130. The van der Waals surface area contributed by atoms with Crippen LogP contribution >= 0.6 is 15.9 Å². The van der Waals surface area contributed by atoms with Gasteiger partial charge in [-0.3, -0.25) is 8.80 Å². The highest BCUT2D eigenvalue weighted by Gasteiger charge is 2.36. The van der Waals surface area contributed by atoms with Crippen LogP contribution in [0.2, 0.25) is 0 Å². The lowest BCUT2D eigenvalue weighted by Crippen LogP contribution is -2.09. The summed E-state index contributed by atoms with van der Waals surface area (Å²) in [5.74, 6) is -4.41. The van der Waals surface area contributed by atoms with Crippen molar-refractivity contribution < 1.29 is 43.9 Å². The summed E-state index contributed by atoms with van der Waals surface area (Å²) in [5.41, 5.74) is -3.95. The number of aromatic nitrogens is 5. The molecule has 0 aliphatic heterocycles. The quantitative estimate of drug-likeness (QED) is 0.170. The molecular formula is C28H11BrF10N6. The van der Waals surface area contributed by atoms with Crippen LogP contribution in [0.15, 0.2) is 71.9 Å². The molecule has 0 atom stereocenters. The van der Waals surface area contributed by atoms with Gasteiger partial charge in [-0.1, -0.05) is 0 Å². The van der Waals surface area contributed by atoms with Gasteiger partial charge in [0.15, 0.2) is 22.9 Å². The number of rotatable bonds is 2. The van der Waals surface area contributed by atoms with Gasteiger partial charge in [0.1, 0.15) is 21.9 Å². The third kappa shape index (κ3) is 5.92. The molecule has 5 aromatic heterocycles. The Morgan fingerprint density at radius 1 is 0.733 bits per heavy atom. The molecule has 0 aliphatic carbocycles. The van der Waals surface area contributed by atoms with E-state index in [4.69, 9.17) is 0 Å². The Morgan fingerprint density at radius 3 is 1.91 bits per heavy atom. The van der Waals surface area contributed by atoms with Crippen molar-refractivity contribution in [3.63, 3.8) is 0 Å². The summed E-state index contributed by atoms with van der Waals surface area (Å²) in [7, 11) is 0. The molecule has 6 aromatic rings. The summed E-state index contributed by atoms with van der Waals surface area (Å²) in [6.45, 7) is 0. The van der Waals surface area contributed by atoms with Crippen LogP contribution in [0.1, 0.15) is 16.7 Å². The Hall–Kier alpha value is -4.98. The highest BCUT2D eigenvalue weighted by molar-refractivity contribution is 9.10. The minimum Gasteiger partial charge on any atom is -0.296 e. The number of hydrogen-bond acceptors (Lipinski definition) is 4. The molecule has 0 unspecified atom stereocenters. The minimum atomic E-state index is -4.89. The van der Waals surface area contributed by atoms with Crippen LogP contribution in [-0.2, 0) is 12.4 Å². The topological polar surface area (TPSA) is 71.3 Å². The molecule has 45 heavy (non-hydrogen) atoms. The van der Waals surface area contributed by atoms with Crippen LogP contribution in [0.4, 0.5) is 43.9 Å². The van der Waals surface area contributed by atoms with Gasteiger partial charge in [0, 0.05) is 18.0 Å². The smallest absolute Gasteiger partial charge is 0.296 e. The van der Waals surface area contributed by atoms with Gasteiger partial charge in [0.2, 0.25) is 0 Å². The summed E-state index contributed by atoms with van der Waals surface area (Å²) in [6, 6.07) is 8.39. The van der Waals surface area contributed by atoms with Gasteiger partial charge in [0.05, 0.1) is 46.5 Å². The maximum atomic E-state index is 14.4. The van der Waals surface area contributed by atoms with Gasteiger partial charge < -0.3 is 0 Å². The van der Waals surface area contributed by atoms with Crippen LogP contribution in [0, 0.1) is 34.6 Å². The Kier molecular flexibility index (Phi) is 8.04. The van der Waals surface area contributed by atoms with Crippen molar-refractivity contribution in [3.05, 3.63) is 112 Å². The van der Waals surface area contributed by atoms with Gasteiger partial charge in [-0.2, -0.15) is 31.6 Å². The molecule has 17 heteroatoms. The van der Waals surface area contributed by atoms with Gasteiger partial charge in [-0.05, 0) is 58.4 Å². The number of pyridine rings is 3. The molecule has 0 saturated heterocycles. The van der Waals surface area contributed by atoms with E-state index in [0.717, 1.165) is 41.2 Å². The first-order chi connectivity index (χ1) is 21.1. The lowest BCUT2D eigenvalue weighted by molar-refractivity contribution is -0.140. The highest BCUT2D eigenvalue weighted by atomic mass is 79.9. The first kappa shape index (κ1) is 31.4. The van der Waals surface area contributed by atoms with E-state index in [1.807, 2.05) is 0 Å². The molecule has 0 fully saturated rings. The zero-order valence-electron chi connectivity index (χ0n) is 21.7. The average Bonchev–Trinajstić information content (AvgIpc) is 3.57. The molecule has 0 N–H and O–H groups in total. The zero-order valence-corrected chi connectivity index (χ0v) is 23.3. The predicted octanol–water partition coefficient (Wildman–Crippen LogP) is 8.63. The molecule has 0 aliphatic rings. The third-order valence-electron chi connectivity index (χ3n) is 6.27. The van der Waals surface area contributed by atoms with E-state index in [1.54, 1.807) is 6.07 Å². The molecule has 0 bridgehead atoms. The number of benzene rings is 1. The molecule has 0 amide bonds. The van der Waals surface area contributed by atoms with Crippen molar-refractivity contribution >= 4 is 27.2 Å². The van der Waals surface area contributed by atoms with E-state index >= 15 is 0 Å². The van der Waals surface area contributed by atoms with E-state index in [2.05, 4.69) is 30.9 Å². The lowest BCUT2D eigenvalue weighted by atomic mass is 10.0. The number of fused-ring (bicyclic) bond motifs is 2. The summed E-state index contributed by atoms with van der Waals surface area (Å²) in [4.78, 5) is 11.3. The summed E-state index contributed by atoms with van der Waals surface area (Å²) in [5, 5.41) is 9.20. The van der Waals surface area contributed by atoms with Gasteiger partial charge >= 0.3 is 12.4 Å². The number of hydrogen-bond donors (Lipinski definition) is 0. The number of nitrogens with zero attached hydrogens (tertiary/aromatic N) is 6. The average molecular weight is 701 g/mol. The van der Waals surface area contributed by atoms with Crippen molar-refractivity contribution in [3.8, 4) is 28.7 Å². The minimum absolute atomic E-state index is 0.0256. The standard InChI is InChI=1S/C20H8F6N4.C8H3BrF4N2/c21-11-1-2-12(10(7-11)8-27)18-14(22)3-4-15(29-18)16-9-28-19-17(23)13(20(24,25)26)5-6-30(16)19;9-5-3-14-7-6(10)4(8(11,12)13)1-2-15(5)7/h1-7,9H;1-3H. The van der Waals surface area contributed by atoms with Crippen molar-refractivity contribution in [2.75, 3.05) is 0 Å². The Balaban J connectivity index is 0.000000223. The summed E-state index contributed by atoms with van der Waals surface area (Å²) < 4.78 is 134. The molecule has 6 rings (SSSR count). The molecule has 0 radical (unpaired) electrons. The maximum absolute atomic E-state index is 14.4. The summed E-state index contributed by atoms with van der Waals surface area (Å²) in [6.07, 6.45) is -5.18. The van der Waals surface area contributed by atoms with E-state index in [0.29, 0.717) is 16.7 Å². The van der Waals surface area contributed by atoms with E-state index in [-0.39, 0.29) is 33.9 Å². The van der Waals surface area contributed by atoms with Crippen molar-refractivity contribution in [1.29, 1.82) is 5.26 Å². The normalized spacial score (nSPS) is 11.9. The fraction of sp³-hybridized carbons (Fsp3) is 0.0714. The van der Waals surface area contributed by atoms with Crippen molar-refractivity contribution in [1.82, 2.24) is 23.8 Å². The Labute approximate surface area is 253 Å². The summed E-state index contributed by atoms with van der Waals surface area (Å²) >= 11 is 3.03. The van der Waals surface area contributed by atoms with Crippen LogP contribution in [0.5, 0.6) is 0 Å². The van der Waals surface area contributed by atoms with Crippen LogP contribution in [0.3, 0.4) is 0 Å². The van der Waals surface area contributed by atoms with E-state index < -0.39 is 52.4 Å². The molecular weight excluding hydrogens is 690 g/mol. The van der Waals surface area contributed by atoms with E-state index in [9.17, 15) is 49.2 Å². The molecule has 0 spiro atoms. The second-order valence-corrected chi connectivity index (χ2v) is 9.83. The first-order valence-electron chi connectivity index (χ1n) is 12.1. The van der Waals surface area contributed by atoms with Crippen molar-refractivity contribution in [2.45, 2.75) is 12.4 Å². The fourth-order valence-electron chi connectivity index (χ4n) is 4.22. The zero-order chi connectivity index (χ0) is 32.8. The number of imidazole rings is 2. The van der Waals surface area contributed by atoms with Crippen LogP contribution in [0.25, 0.3) is 33.9 Å². The Morgan fingerprint density at radius 2 is 1.31 bits per heavy atom. The molecule has 230 valence electrons. The largest absolute Gasteiger partial charge is 0.419 e. The maximum Gasteiger partial charge on any atom is 0.419 e. The van der Waals surface area contributed by atoms with Crippen LogP contribution in [-0.4, -0.2) is 23.8 Å². The predicted molar refractivity (Wildman–Crippen MR) is 141 cm³/mol. The fourth-order valence-corrected chi connectivity index (χ4v) is 4.61. The van der Waals surface area contributed by atoms with Gasteiger partial charge in [-0.25, -0.2) is 32.5 Å². The van der Waals surface area contributed by atoms with Gasteiger partial charge in [0.25, 0.3) is 0 Å². The monoisotopic (exact) mass is 700 g/mol. The number of halogens is 11. The van der Waals surface area contributed by atoms with Gasteiger partial charge in [-0.15, -0.1) is 0 Å². The van der Waals surface area contributed by atoms with Crippen molar-refractivity contribution in [2.24, 2.45) is 0 Å². The SMILES string of the molecule is Fc1c(C(F)(F)F)ccn2c(Br)cnc12.N#Cc1cc(F)ccc1-c1nc(-c2cnc3c(F)c(C(F)(F)F)ccn23)ccc1F. The molecule has 1 aromatic carbocycles. The van der Waals surface area contributed by atoms with Crippen LogP contribution < -0.4 is 0 Å². The first-order valence-corrected chi connectivity index (χ1v) is 12.9. The lowest BCUT2D eigenvalue weighted by Gasteiger charge is -2.10. The number of nitriles is 1. The molecule has 5 heterocycles. The second-order valence-electron chi connectivity index (χ2n) is 9.02. The molecule has 6 nitrogen and oxygen atoms in total. The number of alkyl halides is 6. The second kappa shape index (κ2) is 11.5. The highest BCUT2D eigenvalue weighted by Crippen LogP contribution is 2.35. The van der Waals surface area contributed by atoms with E-state index in [1.165, 1.54) is 22.7 Å². The third-order valence-corrected chi connectivity index (χ3v) is 6.86.